The number of amides is 1. The molecule has 0 radical (unpaired) electrons. The molecule has 1 unspecified atom stereocenters. The fourth-order valence-electron chi connectivity index (χ4n) is 2.96. The summed E-state index contributed by atoms with van der Waals surface area (Å²) in [6.45, 7) is 1.01. The average molecular weight is 344 g/mol. The summed E-state index contributed by atoms with van der Waals surface area (Å²) >= 11 is 0. The van der Waals surface area contributed by atoms with E-state index in [2.05, 4.69) is 4.98 Å². The number of aromatic carboxylic acids is 1. The summed E-state index contributed by atoms with van der Waals surface area (Å²) in [4.78, 5) is 29.4. The topological polar surface area (TPSA) is 79.7 Å². The van der Waals surface area contributed by atoms with Crippen molar-refractivity contribution in [3.05, 3.63) is 59.2 Å². The number of rotatable bonds is 4. The van der Waals surface area contributed by atoms with Crippen LogP contribution in [-0.4, -0.2) is 47.1 Å². The Labute approximate surface area is 143 Å². The third-order valence-electron chi connectivity index (χ3n) is 4.29. The number of hydrogen-bond donors (Lipinski definition) is 1. The molecule has 0 saturated carbocycles. The van der Waals surface area contributed by atoms with E-state index in [9.17, 15) is 14.0 Å². The average Bonchev–Trinajstić information content (AvgIpc) is 3.11. The van der Waals surface area contributed by atoms with Crippen LogP contribution in [0.25, 0.3) is 0 Å². The zero-order chi connectivity index (χ0) is 18.0. The minimum absolute atomic E-state index is 0.0384. The molecule has 0 spiro atoms. The third kappa shape index (κ3) is 3.60. The number of methoxy groups -OCH3 is 1. The first-order chi connectivity index (χ1) is 12.0. The molecule has 3 rings (SSSR count). The van der Waals surface area contributed by atoms with Crippen molar-refractivity contribution < 1.29 is 23.8 Å². The maximum absolute atomic E-state index is 13.0. The van der Waals surface area contributed by atoms with Gasteiger partial charge < -0.3 is 14.7 Å². The molecular weight excluding hydrogens is 327 g/mol. The third-order valence-corrected chi connectivity index (χ3v) is 4.29. The summed E-state index contributed by atoms with van der Waals surface area (Å²) in [5, 5.41) is 9.12. The zero-order valence-corrected chi connectivity index (χ0v) is 13.6. The fraction of sp³-hybridized carbons (Fsp3) is 0.278. The minimum Gasteiger partial charge on any atom is -0.497 e. The number of nitrogens with zero attached hydrogens (tertiary/aromatic N) is 2. The molecule has 2 heterocycles. The van der Waals surface area contributed by atoms with Crippen LogP contribution in [0.4, 0.5) is 4.39 Å². The first-order valence-corrected chi connectivity index (χ1v) is 7.82. The molecular formula is C18H17FN2O4. The van der Waals surface area contributed by atoms with Crippen molar-refractivity contribution in [2.45, 2.75) is 12.3 Å². The molecule has 7 heteroatoms. The van der Waals surface area contributed by atoms with Gasteiger partial charge in [-0.1, -0.05) is 12.1 Å². The van der Waals surface area contributed by atoms with Crippen LogP contribution in [0.2, 0.25) is 0 Å². The van der Waals surface area contributed by atoms with E-state index in [1.165, 1.54) is 31.4 Å². The number of carbonyl (C=O) groups excluding carboxylic acids is 1. The predicted molar refractivity (Wildman–Crippen MR) is 87.4 cm³/mol. The maximum atomic E-state index is 13.0. The summed E-state index contributed by atoms with van der Waals surface area (Å²) in [6, 6.07) is 8.95. The monoisotopic (exact) mass is 344 g/mol. The predicted octanol–water partition coefficient (Wildman–Crippen LogP) is 2.56. The molecule has 2 aromatic rings. The van der Waals surface area contributed by atoms with E-state index in [0.29, 0.717) is 13.1 Å². The number of benzene rings is 1. The van der Waals surface area contributed by atoms with Crippen LogP contribution < -0.4 is 4.74 Å². The van der Waals surface area contributed by atoms with E-state index in [1.807, 2.05) is 0 Å². The molecule has 1 saturated heterocycles. The molecule has 1 atom stereocenters. The van der Waals surface area contributed by atoms with Crippen molar-refractivity contribution >= 4 is 11.9 Å². The van der Waals surface area contributed by atoms with Crippen LogP contribution in [0, 0.1) is 5.82 Å². The molecule has 1 fully saturated rings. The summed E-state index contributed by atoms with van der Waals surface area (Å²) in [6.07, 6.45) is 0.757. The van der Waals surface area contributed by atoms with Crippen molar-refractivity contribution in [3.8, 4) is 5.75 Å². The van der Waals surface area contributed by atoms with Crippen molar-refractivity contribution in [2.75, 3.05) is 20.2 Å². The van der Waals surface area contributed by atoms with Crippen LogP contribution in [0.15, 0.2) is 36.4 Å². The highest BCUT2D eigenvalue weighted by Crippen LogP contribution is 2.28. The number of pyridine rings is 1. The number of carbonyl (C=O) groups is 2. The van der Waals surface area contributed by atoms with Crippen molar-refractivity contribution in [1.82, 2.24) is 9.88 Å². The van der Waals surface area contributed by atoms with E-state index >= 15 is 0 Å². The van der Waals surface area contributed by atoms with Crippen LogP contribution in [0.5, 0.6) is 5.75 Å². The Hall–Kier alpha value is -2.96. The van der Waals surface area contributed by atoms with Gasteiger partial charge in [-0.3, -0.25) is 4.79 Å². The first-order valence-electron chi connectivity index (χ1n) is 7.82. The Balaban J connectivity index is 1.79. The molecule has 6 nitrogen and oxygen atoms in total. The molecule has 130 valence electrons. The van der Waals surface area contributed by atoms with Gasteiger partial charge in [0.15, 0.2) is 5.69 Å². The molecule has 1 aliphatic heterocycles. The minimum atomic E-state index is -1.22. The van der Waals surface area contributed by atoms with Gasteiger partial charge in [-0.15, -0.1) is 0 Å². The van der Waals surface area contributed by atoms with Gasteiger partial charge >= 0.3 is 5.97 Å². The van der Waals surface area contributed by atoms with E-state index in [1.54, 1.807) is 17.0 Å². The van der Waals surface area contributed by atoms with Gasteiger partial charge in [0.05, 0.1) is 7.11 Å². The summed E-state index contributed by atoms with van der Waals surface area (Å²) in [7, 11) is 1.40. The smallest absolute Gasteiger partial charge is 0.354 e. The number of hydrogen-bond acceptors (Lipinski definition) is 4. The lowest BCUT2D eigenvalue weighted by Gasteiger charge is -2.17. The lowest BCUT2D eigenvalue weighted by molar-refractivity contribution is 0.0689. The van der Waals surface area contributed by atoms with Gasteiger partial charge in [0.25, 0.3) is 5.91 Å². The number of carboxylic acids is 1. The molecule has 25 heavy (non-hydrogen) atoms. The standard InChI is InChI=1S/C18H17FN2O4/c1-25-14-8-15(20-16(9-14)18(23)24)17(22)21-7-6-12(10-21)11-2-4-13(19)5-3-11/h2-5,8-9,12H,6-7,10H2,1H3,(H,23,24). The Morgan fingerprint density at radius 2 is 1.92 bits per heavy atom. The fourth-order valence-corrected chi connectivity index (χ4v) is 2.96. The number of carboxylic acid groups (broad SMARTS) is 1. The largest absolute Gasteiger partial charge is 0.497 e. The lowest BCUT2D eigenvalue weighted by atomic mass is 9.99. The lowest BCUT2D eigenvalue weighted by Crippen LogP contribution is -2.29. The Bertz CT molecular complexity index is 807. The zero-order valence-electron chi connectivity index (χ0n) is 13.6. The number of halogens is 1. The Morgan fingerprint density at radius 1 is 1.24 bits per heavy atom. The van der Waals surface area contributed by atoms with Gasteiger partial charge in [-0.05, 0) is 24.1 Å². The normalized spacial score (nSPS) is 16.7. The van der Waals surface area contributed by atoms with Gasteiger partial charge in [0.1, 0.15) is 17.3 Å². The second-order valence-electron chi connectivity index (χ2n) is 5.87. The van der Waals surface area contributed by atoms with Crippen LogP contribution >= 0.6 is 0 Å². The van der Waals surface area contributed by atoms with Crippen molar-refractivity contribution in [3.63, 3.8) is 0 Å². The SMILES string of the molecule is COc1cc(C(=O)O)nc(C(=O)N2CCC(c3ccc(F)cc3)C2)c1. The second-order valence-corrected chi connectivity index (χ2v) is 5.87. The van der Waals surface area contributed by atoms with Crippen molar-refractivity contribution in [1.29, 1.82) is 0 Å². The van der Waals surface area contributed by atoms with Gasteiger partial charge in [-0.2, -0.15) is 0 Å². The molecule has 1 aromatic heterocycles. The number of ether oxygens (including phenoxy) is 1. The van der Waals surface area contributed by atoms with E-state index in [0.717, 1.165) is 12.0 Å². The maximum Gasteiger partial charge on any atom is 0.354 e. The van der Waals surface area contributed by atoms with E-state index in [4.69, 9.17) is 9.84 Å². The summed E-state index contributed by atoms with van der Waals surface area (Å²) in [5.74, 6) is -1.47. The van der Waals surface area contributed by atoms with Gasteiger partial charge in [0.2, 0.25) is 0 Å². The van der Waals surface area contributed by atoms with Crippen LogP contribution in [0.1, 0.15) is 38.9 Å². The van der Waals surface area contributed by atoms with Gasteiger partial charge in [-0.25, -0.2) is 14.2 Å². The Morgan fingerprint density at radius 3 is 2.56 bits per heavy atom. The molecule has 1 N–H and O–H groups in total. The number of likely N-dealkylation sites (tertiary alicyclic amines) is 1. The quantitative estimate of drug-likeness (QED) is 0.922. The first kappa shape index (κ1) is 16.9. The highest BCUT2D eigenvalue weighted by Gasteiger charge is 2.29. The molecule has 1 aromatic carbocycles. The highest BCUT2D eigenvalue weighted by molar-refractivity contribution is 5.95. The van der Waals surface area contributed by atoms with Gasteiger partial charge in [0, 0.05) is 31.1 Å². The van der Waals surface area contributed by atoms with E-state index < -0.39 is 5.97 Å². The summed E-state index contributed by atoms with van der Waals surface area (Å²) in [5.41, 5.74) is 0.773. The molecule has 1 amide bonds. The highest BCUT2D eigenvalue weighted by atomic mass is 19.1. The molecule has 0 bridgehead atoms. The van der Waals surface area contributed by atoms with E-state index in [-0.39, 0.29) is 34.8 Å². The molecule has 1 aliphatic rings. The number of aromatic nitrogens is 1. The molecule has 0 aliphatic carbocycles. The van der Waals surface area contributed by atoms with Crippen molar-refractivity contribution in [2.24, 2.45) is 0 Å². The van der Waals surface area contributed by atoms with Crippen LogP contribution in [-0.2, 0) is 0 Å². The summed E-state index contributed by atoms with van der Waals surface area (Å²) < 4.78 is 18.1. The second kappa shape index (κ2) is 6.88. The Kier molecular flexibility index (Phi) is 4.65. The van der Waals surface area contributed by atoms with Crippen LogP contribution in [0.3, 0.4) is 0 Å².